The number of nitrogens with one attached hydrogen (secondary N) is 1. The number of fused-ring (bicyclic) bond motifs is 1. The molecule has 0 unspecified atom stereocenters. The summed E-state index contributed by atoms with van der Waals surface area (Å²) in [6, 6.07) is 14.0. The zero-order valence-electron chi connectivity index (χ0n) is 12.9. The Kier molecular flexibility index (Phi) is 4.62. The fourth-order valence-electron chi connectivity index (χ4n) is 2.61. The quantitative estimate of drug-likeness (QED) is 0.756. The number of allylic oxidation sites excluding steroid dienone is 2. The molecule has 0 aromatic heterocycles. The first kappa shape index (κ1) is 16.6. The number of rotatable bonds is 3. The first-order valence-electron chi connectivity index (χ1n) is 7.51. The van der Waals surface area contributed by atoms with Gasteiger partial charge in [-0.2, -0.15) is 0 Å². The standard InChI is InChI=1S/C19H14INO3/c1-2-15(22)21-17-16(11-7-9-12(20)10-8-11)18(23)13-5-3-4-6-14(13)19(17)24/h3-10H,2H2,1H3,(H,21,22). The van der Waals surface area contributed by atoms with E-state index in [2.05, 4.69) is 27.9 Å². The van der Waals surface area contributed by atoms with Crippen molar-refractivity contribution in [3.05, 3.63) is 74.5 Å². The van der Waals surface area contributed by atoms with Gasteiger partial charge in [0.2, 0.25) is 11.7 Å². The topological polar surface area (TPSA) is 63.2 Å². The smallest absolute Gasteiger partial charge is 0.224 e. The largest absolute Gasteiger partial charge is 0.322 e. The SMILES string of the molecule is CCC(=O)NC1=C(c2ccc(I)cc2)C(=O)c2ccccc2C1=O. The van der Waals surface area contributed by atoms with E-state index in [0.717, 1.165) is 3.57 Å². The summed E-state index contributed by atoms with van der Waals surface area (Å²) in [5, 5.41) is 2.62. The molecule has 0 aliphatic heterocycles. The highest BCUT2D eigenvalue weighted by atomic mass is 127. The molecule has 2 aromatic rings. The van der Waals surface area contributed by atoms with Crippen LogP contribution in [0.2, 0.25) is 0 Å². The van der Waals surface area contributed by atoms with Crippen LogP contribution in [0, 0.1) is 3.57 Å². The van der Waals surface area contributed by atoms with Crippen molar-refractivity contribution >= 4 is 45.6 Å². The van der Waals surface area contributed by atoms with Crippen LogP contribution >= 0.6 is 22.6 Å². The molecule has 3 rings (SSSR count). The van der Waals surface area contributed by atoms with Crippen molar-refractivity contribution in [3.63, 3.8) is 0 Å². The van der Waals surface area contributed by atoms with Crippen molar-refractivity contribution in [2.45, 2.75) is 13.3 Å². The van der Waals surface area contributed by atoms with Crippen LogP contribution in [-0.2, 0) is 4.79 Å². The second-order valence-corrected chi connectivity index (χ2v) is 6.61. The molecule has 0 spiro atoms. The van der Waals surface area contributed by atoms with Crippen molar-refractivity contribution in [3.8, 4) is 0 Å². The van der Waals surface area contributed by atoms with Crippen LogP contribution in [0.1, 0.15) is 39.6 Å². The van der Waals surface area contributed by atoms with Gasteiger partial charge >= 0.3 is 0 Å². The van der Waals surface area contributed by atoms with E-state index in [1.807, 2.05) is 12.1 Å². The number of carbonyl (C=O) groups excluding carboxylic acids is 3. The van der Waals surface area contributed by atoms with Gasteiger partial charge in [0.1, 0.15) is 5.70 Å². The summed E-state index contributed by atoms with van der Waals surface area (Å²) in [7, 11) is 0. The summed E-state index contributed by atoms with van der Waals surface area (Å²) in [6.45, 7) is 1.70. The second-order valence-electron chi connectivity index (χ2n) is 5.36. The Labute approximate surface area is 153 Å². The van der Waals surface area contributed by atoms with Crippen LogP contribution in [0.25, 0.3) is 5.57 Å². The first-order valence-corrected chi connectivity index (χ1v) is 8.59. The van der Waals surface area contributed by atoms with E-state index in [4.69, 9.17) is 0 Å². The second kappa shape index (κ2) is 6.68. The van der Waals surface area contributed by atoms with Crippen LogP contribution in [0.4, 0.5) is 0 Å². The van der Waals surface area contributed by atoms with Gasteiger partial charge in [-0.1, -0.05) is 43.3 Å². The lowest BCUT2D eigenvalue weighted by Crippen LogP contribution is -2.33. The van der Waals surface area contributed by atoms with E-state index in [1.54, 1.807) is 43.3 Å². The number of Topliss-reactive ketones (excluding diaryl/α,β-unsaturated/α-hetero) is 2. The van der Waals surface area contributed by atoms with Gasteiger partial charge in [0, 0.05) is 21.1 Å². The third-order valence-electron chi connectivity index (χ3n) is 3.84. The molecule has 1 N–H and O–H groups in total. The van der Waals surface area contributed by atoms with E-state index in [-0.39, 0.29) is 35.2 Å². The summed E-state index contributed by atoms with van der Waals surface area (Å²) in [5.41, 5.74) is 1.62. The summed E-state index contributed by atoms with van der Waals surface area (Å²) in [4.78, 5) is 37.7. The fourth-order valence-corrected chi connectivity index (χ4v) is 2.97. The monoisotopic (exact) mass is 431 g/mol. The highest BCUT2D eigenvalue weighted by molar-refractivity contribution is 14.1. The molecule has 1 aliphatic carbocycles. The lowest BCUT2D eigenvalue weighted by atomic mass is 9.84. The van der Waals surface area contributed by atoms with Crippen molar-refractivity contribution < 1.29 is 14.4 Å². The van der Waals surface area contributed by atoms with E-state index in [9.17, 15) is 14.4 Å². The normalized spacial score (nSPS) is 13.8. The molecule has 24 heavy (non-hydrogen) atoms. The van der Waals surface area contributed by atoms with Gasteiger partial charge < -0.3 is 5.32 Å². The van der Waals surface area contributed by atoms with Crippen molar-refractivity contribution in [2.75, 3.05) is 0 Å². The number of hydrogen-bond acceptors (Lipinski definition) is 3. The minimum atomic E-state index is -0.333. The molecular weight excluding hydrogens is 417 g/mol. The van der Waals surface area contributed by atoms with Crippen LogP contribution in [0.3, 0.4) is 0 Å². The molecule has 0 bridgehead atoms. The van der Waals surface area contributed by atoms with Gasteiger partial charge in [0.25, 0.3) is 0 Å². The molecule has 1 amide bonds. The van der Waals surface area contributed by atoms with Crippen LogP contribution < -0.4 is 5.32 Å². The van der Waals surface area contributed by atoms with Gasteiger partial charge in [0.15, 0.2) is 5.78 Å². The molecule has 0 saturated carbocycles. The van der Waals surface area contributed by atoms with Crippen LogP contribution in [-0.4, -0.2) is 17.5 Å². The number of benzene rings is 2. The number of hydrogen-bond donors (Lipinski definition) is 1. The Morgan fingerprint density at radius 2 is 1.54 bits per heavy atom. The van der Waals surface area contributed by atoms with Crippen molar-refractivity contribution in [1.29, 1.82) is 0 Å². The van der Waals surface area contributed by atoms with Gasteiger partial charge in [-0.15, -0.1) is 0 Å². The molecule has 0 heterocycles. The summed E-state index contributed by atoms with van der Waals surface area (Å²) >= 11 is 2.17. The number of carbonyl (C=O) groups is 3. The highest BCUT2D eigenvalue weighted by Crippen LogP contribution is 2.31. The average molecular weight is 431 g/mol. The minimum absolute atomic E-state index is 0.0618. The molecule has 0 saturated heterocycles. The van der Waals surface area contributed by atoms with Crippen molar-refractivity contribution in [2.24, 2.45) is 0 Å². The molecule has 1 aliphatic rings. The van der Waals surface area contributed by atoms with Gasteiger partial charge in [-0.25, -0.2) is 0 Å². The molecular formula is C19H14INO3. The van der Waals surface area contributed by atoms with Gasteiger partial charge in [0.05, 0.1) is 5.57 Å². The lowest BCUT2D eigenvalue weighted by molar-refractivity contribution is -0.120. The highest BCUT2D eigenvalue weighted by Gasteiger charge is 2.33. The summed E-state index contributed by atoms with van der Waals surface area (Å²) in [6.07, 6.45) is 0.229. The van der Waals surface area contributed by atoms with Gasteiger partial charge in [-0.05, 0) is 40.3 Å². The van der Waals surface area contributed by atoms with E-state index < -0.39 is 0 Å². The third-order valence-corrected chi connectivity index (χ3v) is 4.56. The third kappa shape index (κ3) is 2.91. The molecule has 4 nitrogen and oxygen atoms in total. The fraction of sp³-hybridized carbons (Fsp3) is 0.105. The molecule has 0 radical (unpaired) electrons. The molecule has 0 fully saturated rings. The van der Waals surface area contributed by atoms with E-state index in [1.165, 1.54) is 0 Å². The maximum atomic E-state index is 13.0. The zero-order valence-corrected chi connectivity index (χ0v) is 15.1. The summed E-state index contributed by atoms with van der Waals surface area (Å²) in [5.74, 6) is -0.882. The Hall–Kier alpha value is -2.28. The van der Waals surface area contributed by atoms with E-state index >= 15 is 0 Å². The number of amides is 1. The minimum Gasteiger partial charge on any atom is -0.322 e. The maximum Gasteiger partial charge on any atom is 0.224 e. The number of halogens is 1. The Morgan fingerprint density at radius 3 is 2.12 bits per heavy atom. The predicted molar refractivity (Wildman–Crippen MR) is 99.6 cm³/mol. The Morgan fingerprint density at radius 1 is 0.958 bits per heavy atom. The summed E-state index contributed by atoms with van der Waals surface area (Å²) < 4.78 is 1.02. The van der Waals surface area contributed by atoms with Crippen LogP contribution in [0.5, 0.6) is 0 Å². The first-order chi connectivity index (χ1) is 11.5. The van der Waals surface area contributed by atoms with E-state index in [0.29, 0.717) is 16.7 Å². The average Bonchev–Trinajstić information content (AvgIpc) is 2.60. The Bertz CT molecular complexity index is 882. The lowest BCUT2D eigenvalue weighted by Gasteiger charge is -2.21. The Balaban J connectivity index is 2.22. The maximum absolute atomic E-state index is 13.0. The number of ketones is 2. The molecule has 2 aromatic carbocycles. The van der Waals surface area contributed by atoms with Crippen molar-refractivity contribution in [1.82, 2.24) is 5.32 Å². The zero-order chi connectivity index (χ0) is 17.3. The molecule has 5 heteroatoms. The predicted octanol–water partition coefficient (Wildman–Crippen LogP) is 3.61. The molecule has 0 atom stereocenters. The van der Waals surface area contributed by atoms with Crippen LogP contribution in [0.15, 0.2) is 54.2 Å². The molecule has 120 valence electrons. The van der Waals surface area contributed by atoms with Gasteiger partial charge in [-0.3, -0.25) is 14.4 Å².